The number of para-hydroxylation sites is 1. The average Bonchev–Trinajstić information content (AvgIpc) is 3.18. The number of likely N-dealkylation sites (tertiary alicyclic amines) is 1. The van der Waals surface area contributed by atoms with Crippen LogP contribution in [0.4, 0.5) is 0 Å². The molecule has 8 heteroatoms. The molecule has 0 N–H and O–H groups in total. The number of rotatable bonds is 4. The molecule has 4 rings (SSSR count). The number of hydrogen-bond acceptors (Lipinski definition) is 7. The van der Waals surface area contributed by atoms with Crippen molar-refractivity contribution in [3.05, 3.63) is 29.3 Å². The number of nitrogens with zero attached hydrogens (tertiary/aromatic N) is 3. The maximum Gasteiger partial charge on any atom is 0.320 e. The van der Waals surface area contributed by atoms with Gasteiger partial charge in [-0.15, -0.1) is 23.1 Å². The Morgan fingerprint density at radius 1 is 1.25 bits per heavy atom. The molecule has 1 aromatic carbocycles. The number of ether oxygens (including phenoxy) is 1. The van der Waals surface area contributed by atoms with Crippen molar-refractivity contribution in [3.8, 4) is 0 Å². The van der Waals surface area contributed by atoms with Crippen LogP contribution in [0.5, 0.6) is 0 Å². The summed E-state index contributed by atoms with van der Waals surface area (Å²) >= 11 is 3.35. The molecule has 0 unspecified atom stereocenters. The monoisotopic (exact) mass is 419 g/mol. The van der Waals surface area contributed by atoms with Gasteiger partial charge in [0.05, 0.1) is 28.9 Å². The van der Waals surface area contributed by atoms with E-state index in [-0.39, 0.29) is 17.1 Å². The summed E-state index contributed by atoms with van der Waals surface area (Å²) in [4.78, 5) is 33.5. The molecule has 2 atom stereocenters. The van der Waals surface area contributed by atoms with E-state index in [1.54, 1.807) is 23.1 Å². The molecule has 2 fully saturated rings. The van der Waals surface area contributed by atoms with E-state index in [1.807, 2.05) is 11.0 Å². The number of fused-ring (bicyclic) bond motifs is 1. The van der Waals surface area contributed by atoms with E-state index in [9.17, 15) is 9.59 Å². The van der Waals surface area contributed by atoms with Crippen molar-refractivity contribution < 1.29 is 14.3 Å². The number of hydrogen-bond donors (Lipinski definition) is 0. The first-order valence-electron chi connectivity index (χ1n) is 9.69. The normalized spacial score (nSPS) is 23.7. The van der Waals surface area contributed by atoms with Crippen molar-refractivity contribution in [1.82, 2.24) is 14.8 Å². The van der Waals surface area contributed by atoms with Crippen molar-refractivity contribution in [2.75, 3.05) is 45.6 Å². The van der Waals surface area contributed by atoms with Crippen LogP contribution in [0.1, 0.15) is 23.8 Å². The molecule has 2 aliphatic heterocycles. The highest BCUT2D eigenvalue weighted by atomic mass is 32.2. The minimum Gasteiger partial charge on any atom is -0.468 e. The van der Waals surface area contributed by atoms with E-state index < -0.39 is 0 Å². The zero-order chi connectivity index (χ0) is 19.5. The van der Waals surface area contributed by atoms with Crippen LogP contribution in [0.3, 0.4) is 0 Å². The highest BCUT2D eigenvalue weighted by Gasteiger charge is 2.31. The molecule has 0 radical (unpaired) electrons. The van der Waals surface area contributed by atoms with Crippen molar-refractivity contribution in [1.29, 1.82) is 0 Å². The molecule has 2 aromatic rings. The number of esters is 1. The van der Waals surface area contributed by atoms with E-state index >= 15 is 0 Å². The van der Waals surface area contributed by atoms with E-state index in [0.717, 1.165) is 37.2 Å². The Morgan fingerprint density at radius 3 is 2.93 bits per heavy atom. The van der Waals surface area contributed by atoms with Crippen LogP contribution in [0.15, 0.2) is 24.3 Å². The van der Waals surface area contributed by atoms with Crippen LogP contribution in [-0.2, 0) is 14.3 Å². The fourth-order valence-corrected chi connectivity index (χ4v) is 6.13. The third kappa shape index (κ3) is 4.34. The molecular formula is C20H25N3O3S2. The number of carbonyl (C=O) groups is 2. The van der Waals surface area contributed by atoms with Crippen molar-refractivity contribution in [3.63, 3.8) is 0 Å². The first-order valence-corrected chi connectivity index (χ1v) is 11.6. The minimum absolute atomic E-state index is 0.110. The Kier molecular flexibility index (Phi) is 6.18. The van der Waals surface area contributed by atoms with Gasteiger partial charge < -0.3 is 9.64 Å². The Hall–Kier alpha value is -1.64. The summed E-state index contributed by atoms with van der Waals surface area (Å²) in [7, 11) is 1.40. The Bertz CT molecular complexity index is 823. The molecule has 3 heterocycles. The average molecular weight is 420 g/mol. The van der Waals surface area contributed by atoms with Crippen LogP contribution in [0, 0.1) is 0 Å². The lowest BCUT2D eigenvalue weighted by molar-refractivity contribution is -0.141. The predicted octanol–water partition coefficient (Wildman–Crippen LogP) is 2.59. The van der Waals surface area contributed by atoms with Gasteiger partial charge in [0.1, 0.15) is 5.25 Å². The van der Waals surface area contributed by atoms with Crippen LogP contribution in [0.25, 0.3) is 10.2 Å². The quantitative estimate of drug-likeness (QED) is 0.710. The topological polar surface area (TPSA) is 62.7 Å². The number of thioether (sulfide) groups is 1. The maximum absolute atomic E-state index is 12.8. The summed E-state index contributed by atoms with van der Waals surface area (Å²) in [6, 6.07) is 8.25. The number of benzene rings is 1. The molecule has 2 aliphatic rings. The van der Waals surface area contributed by atoms with Crippen LogP contribution < -0.4 is 0 Å². The fourth-order valence-electron chi connectivity index (χ4n) is 3.91. The molecule has 0 bridgehead atoms. The summed E-state index contributed by atoms with van der Waals surface area (Å²) in [5, 5.41) is 0.915. The summed E-state index contributed by atoms with van der Waals surface area (Å²) in [6.45, 7) is 3.38. The Balaban J connectivity index is 1.36. The van der Waals surface area contributed by atoms with Gasteiger partial charge in [0.15, 0.2) is 0 Å². The molecule has 0 spiro atoms. The van der Waals surface area contributed by atoms with Gasteiger partial charge in [-0.2, -0.15) is 0 Å². The molecule has 28 heavy (non-hydrogen) atoms. The standard InChI is InChI=1S/C20H25N3O3S2/c1-26-20(25)17-12-23(9-10-27-17)18(24)13-22-8-4-5-14(11-22)19-21-15-6-2-3-7-16(15)28-19/h2-3,6-7,14,17H,4-5,8-13H2,1H3/t14-,17+/m0/s1. The van der Waals surface area contributed by atoms with Crippen molar-refractivity contribution in [2.24, 2.45) is 0 Å². The molecular weight excluding hydrogens is 394 g/mol. The first-order chi connectivity index (χ1) is 13.6. The molecule has 2 saturated heterocycles. The van der Waals surface area contributed by atoms with Gasteiger partial charge in [-0.1, -0.05) is 12.1 Å². The van der Waals surface area contributed by atoms with Gasteiger partial charge >= 0.3 is 5.97 Å². The predicted molar refractivity (Wildman–Crippen MR) is 113 cm³/mol. The van der Waals surface area contributed by atoms with Gasteiger partial charge in [-0.3, -0.25) is 14.5 Å². The molecule has 0 saturated carbocycles. The second kappa shape index (κ2) is 8.80. The zero-order valence-electron chi connectivity index (χ0n) is 16.0. The van der Waals surface area contributed by atoms with Gasteiger partial charge in [0.2, 0.25) is 5.91 Å². The van der Waals surface area contributed by atoms with Crippen LogP contribution in [0.2, 0.25) is 0 Å². The Labute approximate surface area is 173 Å². The number of aromatic nitrogens is 1. The zero-order valence-corrected chi connectivity index (χ0v) is 17.6. The van der Waals surface area contributed by atoms with Gasteiger partial charge in [0.25, 0.3) is 0 Å². The van der Waals surface area contributed by atoms with Gasteiger partial charge in [0, 0.05) is 31.3 Å². The summed E-state index contributed by atoms with van der Waals surface area (Å²) in [5.74, 6) is 1.04. The third-order valence-electron chi connectivity index (χ3n) is 5.41. The first kappa shape index (κ1) is 19.7. The van der Waals surface area contributed by atoms with Crippen LogP contribution >= 0.6 is 23.1 Å². The highest BCUT2D eigenvalue weighted by Crippen LogP contribution is 2.33. The third-order valence-corrected chi connectivity index (χ3v) is 7.77. The van der Waals surface area contributed by atoms with Gasteiger partial charge in [-0.25, -0.2) is 4.98 Å². The summed E-state index contributed by atoms with van der Waals surface area (Å²) < 4.78 is 6.07. The van der Waals surface area contributed by atoms with Crippen molar-refractivity contribution in [2.45, 2.75) is 24.0 Å². The number of piperidine rings is 1. The minimum atomic E-state index is -0.264. The van der Waals surface area contributed by atoms with E-state index in [0.29, 0.717) is 25.6 Å². The second-order valence-corrected chi connectivity index (χ2v) is 9.69. The van der Waals surface area contributed by atoms with E-state index in [4.69, 9.17) is 9.72 Å². The highest BCUT2D eigenvalue weighted by molar-refractivity contribution is 8.00. The molecule has 150 valence electrons. The lowest BCUT2D eigenvalue weighted by Gasteiger charge is -2.35. The van der Waals surface area contributed by atoms with E-state index in [2.05, 4.69) is 23.1 Å². The number of thiazole rings is 1. The van der Waals surface area contributed by atoms with Crippen LogP contribution in [-0.4, -0.2) is 77.5 Å². The maximum atomic E-state index is 12.8. The van der Waals surface area contributed by atoms with E-state index in [1.165, 1.54) is 16.8 Å². The lowest BCUT2D eigenvalue weighted by atomic mass is 9.98. The molecule has 6 nitrogen and oxygen atoms in total. The lowest BCUT2D eigenvalue weighted by Crippen LogP contribution is -2.49. The summed E-state index contributed by atoms with van der Waals surface area (Å²) in [5.41, 5.74) is 1.07. The second-order valence-electron chi connectivity index (χ2n) is 7.32. The SMILES string of the molecule is COC(=O)[C@H]1CN(C(=O)CN2CCC[C@H](c3nc4ccccc4s3)C2)CCS1. The molecule has 1 amide bonds. The summed E-state index contributed by atoms with van der Waals surface area (Å²) in [6.07, 6.45) is 2.20. The van der Waals surface area contributed by atoms with Gasteiger partial charge in [-0.05, 0) is 31.5 Å². The van der Waals surface area contributed by atoms with Crippen molar-refractivity contribution >= 4 is 45.2 Å². The number of amides is 1. The fraction of sp³-hybridized carbons (Fsp3) is 0.550. The Morgan fingerprint density at radius 2 is 2.11 bits per heavy atom. The largest absolute Gasteiger partial charge is 0.468 e. The molecule has 0 aliphatic carbocycles. The smallest absolute Gasteiger partial charge is 0.320 e. The molecule has 1 aromatic heterocycles. The number of methoxy groups -OCH3 is 1. The number of carbonyl (C=O) groups excluding carboxylic acids is 2.